The zero-order chi connectivity index (χ0) is 21.1. The van der Waals surface area contributed by atoms with Gasteiger partial charge in [0.25, 0.3) is 5.91 Å². The van der Waals surface area contributed by atoms with Crippen molar-refractivity contribution in [2.24, 2.45) is 0 Å². The number of ether oxygens (including phenoxy) is 1. The summed E-state index contributed by atoms with van der Waals surface area (Å²) in [5, 5.41) is 10.8. The van der Waals surface area contributed by atoms with Crippen LogP contribution >= 0.6 is 0 Å². The number of carbonyl (C=O) groups excluding carboxylic acids is 1. The van der Waals surface area contributed by atoms with E-state index < -0.39 is 0 Å². The van der Waals surface area contributed by atoms with Gasteiger partial charge in [0.05, 0.1) is 12.8 Å². The molecule has 3 aromatic rings. The number of hydrogen-bond donors (Lipinski definition) is 1. The van der Waals surface area contributed by atoms with E-state index in [1.807, 2.05) is 13.0 Å². The van der Waals surface area contributed by atoms with Crippen molar-refractivity contribution in [3.8, 4) is 17.2 Å². The van der Waals surface area contributed by atoms with Gasteiger partial charge in [-0.2, -0.15) is 0 Å². The van der Waals surface area contributed by atoms with Crippen LogP contribution in [0.3, 0.4) is 0 Å². The molecule has 158 valence electrons. The van der Waals surface area contributed by atoms with Crippen molar-refractivity contribution in [3.63, 3.8) is 0 Å². The molecule has 1 amide bonds. The minimum Gasteiger partial charge on any atom is -0.495 e. The van der Waals surface area contributed by atoms with Crippen LogP contribution in [0.1, 0.15) is 47.5 Å². The molecule has 0 spiro atoms. The summed E-state index contributed by atoms with van der Waals surface area (Å²) in [6.45, 7) is 6.76. The maximum absolute atomic E-state index is 12.9. The van der Waals surface area contributed by atoms with E-state index in [1.165, 1.54) is 12.8 Å². The predicted molar refractivity (Wildman–Crippen MR) is 112 cm³/mol. The van der Waals surface area contributed by atoms with Gasteiger partial charge in [-0.05, 0) is 50.2 Å². The molecule has 2 aromatic heterocycles. The molecule has 3 heterocycles. The molecule has 4 rings (SSSR count). The highest BCUT2D eigenvalue weighted by Gasteiger charge is 2.21. The van der Waals surface area contributed by atoms with E-state index in [1.54, 1.807) is 32.2 Å². The Hall–Kier alpha value is -3.13. The normalized spacial score (nSPS) is 14.2. The number of rotatable bonds is 7. The third-order valence-electron chi connectivity index (χ3n) is 5.25. The molecule has 0 atom stereocenters. The largest absolute Gasteiger partial charge is 0.495 e. The molecule has 1 saturated heterocycles. The maximum atomic E-state index is 12.9. The summed E-state index contributed by atoms with van der Waals surface area (Å²) >= 11 is 0. The van der Waals surface area contributed by atoms with Crippen molar-refractivity contribution in [1.29, 1.82) is 0 Å². The average molecular weight is 410 g/mol. The highest BCUT2D eigenvalue weighted by atomic mass is 16.5. The fourth-order valence-corrected chi connectivity index (χ4v) is 3.73. The lowest BCUT2D eigenvalue weighted by Gasteiger charge is -2.13. The molecular weight excluding hydrogens is 384 g/mol. The van der Waals surface area contributed by atoms with Crippen LogP contribution in [0.15, 0.2) is 33.1 Å². The van der Waals surface area contributed by atoms with Gasteiger partial charge >= 0.3 is 0 Å². The van der Waals surface area contributed by atoms with E-state index >= 15 is 0 Å². The van der Waals surface area contributed by atoms with Crippen LogP contribution in [-0.2, 0) is 13.0 Å². The fourth-order valence-electron chi connectivity index (χ4n) is 3.73. The predicted octanol–water partition coefficient (Wildman–Crippen LogP) is 4.06. The Morgan fingerprint density at radius 3 is 2.67 bits per heavy atom. The Balaban J connectivity index is 1.56. The van der Waals surface area contributed by atoms with Crippen molar-refractivity contribution in [2.75, 3.05) is 25.5 Å². The number of anilines is 1. The summed E-state index contributed by atoms with van der Waals surface area (Å²) < 4.78 is 16.8. The lowest BCUT2D eigenvalue weighted by atomic mass is 10.1. The highest BCUT2D eigenvalue weighted by Crippen LogP contribution is 2.31. The molecule has 0 aliphatic carbocycles. The van der Waals surface area contributed by atoms with Crippen LogP contribution in [0.25, 0.3) is 11.5 Å². The summed E-state index contributed by atoms with van der Waals surface area (Å²) in [5.74, 6) is 2.21. The molecule has 1 aliphatic rings. The molecule has 8 nitrogen and oxygen atoms in total. The van der Waals surface area contributed by atoms with Gasteiger partial charge in [0.2, 0.25) is 11.8 Å². The molecule has 0 saturated carbocycles. The molecule has 1 aromatic carbocycles. The Bertz CT molecular complexity index is 1030. The molecule has 0 radical (unpaired) electrons. The van der Waals surface area contributed by atoms with Crippen molar-refractivity contribution in [2.45, 2.75) is 39.7 Å². The lowest BCUT2D eigenvalue weighted by molar-refractivity contribution is 0.0994. The Kier molecular flexibility index (Phi) is 5.85. The topological polar surface area (TPSA) is 93.6 Å². The molecule has 0 bridgehead atoms. The molecule has 0 unspecified atom stereocenters. The third-order valence-corrected chi connectivity index (χ3v) is 5.25. The SMILES string of the molecule is CCc1oc(C(=O)Nc2cc(-c3nnc(C)o3)ccc2OC)cc1CN1CCCC1. The molecule has 8 heteroatoms. The minimum absolute atomic E-state index is 0.294. The van der Waals surface area contributed by atoms with Gasteiger partial charge in [0.15, 0.2) is 5.76 Å². The second kappa shape index (κ2) is 8.71. The van der Waals surface area contributed by atoms with Gasteiger partial charge in [0, 0.05) is 31.0 Å². The summed E-state index contributed by atoms with van der Waals surface area (Å²) in [5.41, 5.74) is 2.27. The van der Waals surface area contributed by atoms with Gasteiger partial charge in [-0.15, -0.1) is 10.2 Å². The first-order valence-electron chi connectivity index (χ1n) is 10.2. The quantitative estimate of drug-likeness (QED) is 0.628. The molecule has 1 fully saturated rings. The van der Waals surface area contributed by atoms with Crippen molar-refractivity contribution in [1.82, 2.24) is 15.1 Å². The summed E-state index contributed by atoms with van der Waals surface area (Å²) in [6.07, 6.45) is 3.19. The van der Waals surface area contributed by atoms with Gasteiger partial charge in [-0.1, -0.05) is 6.92 Å². The Labute approximate surface area is 175 Å². The average Bonchev–Trinajstić information content (AvgIpc) is 3.49. The van der Waals surface area contributed by atoms with Crippen LogP contribution < -0.4 is 10.1 Å². The van der Waals surface area contributed by atoms with Crippen molar-refractivity contribution >= 4 is 11.6 Å². The number of nitrogens with zero attached hydrogens (tertiary/aromatic N) is 3. The zero-order valence-electron chi connectivity index (χ0n) is 17.5. The number of carbonyl (C=O) groups is 1. The molecular formula is C22H26N4O4. The zero-order valence-corrected chi connectivity index (χ0v) is 17.5. The lowest BCUT2D eigenvalue weighted by Crippen LogP contribution is -2.18. The van der Waals surface area contributed by atoms with Gasteiger partial charge < -0.3 is 18.9 Å². The number of amides is 1. The van der Waals surface area contributed by atoms with E-state index in [9.17, 15) is 4.79 Å². The highest BCUT2D eigenvalue weighted by molar-refractivity contribution is 6.03. The van der Waals surface area contributed by atoms with Crippen molar-refractivity contribution in [3.05, 3.63) is 47.2 Å². The standard InChI is InChI=1S/C22H26N4O4/c1-4-18-16(13-26-9-5-6-10-26)12-20(30-18)21(27)23-17-11-15(7-8-19(17)28-3)22-25-24-14(2)29-22/h7-8,11-12H,4-6,9-10,13H2,1-3H3,(H,23,27). The Morgan fingerprint density at radius 1 is 1.20 bits per heavy atom. The summed E-state index contributed by atoms with van der Waals surface area (Å²) in [6, 6.07) is 7.16. The van der Waals surface area contributed by atoms with E-state index in [0.717, 1.165) is 37.4 Å². The van der Waals surface area contributed by atoms with Crippen LogP contribution in [-0.4, -0.2) is 41.2 Å². The van der Waals surface area contributed by atoms with E-state index in [4.69, 9.17) is 13.6 Å². The number of methoxy groups -OCH3 is 1. The molecule has 1 N–H and O–H groups in total. The van der Waals surface area contributed by atoms with Crippen LogP contribution in [0.5, 0.6) is 5.75 Å². The summed E-state index contributed by atoms with van der Waals surface area (Å²) in [4.78, 5) is 15.3. The molecule has 30 heavy (non-hydrogen) atoms. The van der Waals surface area contributed by atoms with Gasteiger partial charge in [0.1, 0.15) is 11.5 Å². The smallest absolute Gasteiger partial charge is 0.291 e. The van der Waals surface area contributed by atoms with E-state index in [-0.39, 0.29) is 5.91 Å². The summed E-state index contributed by atoms with van der Waals surface area (Å²) in [7, 11) is 1.55. The number of likely N-dealkylation sites (tertiary alicyclic amines) is 1. The maximum Gasteiger partial charge on any atom is 0.291 e. The number of hydrogen-bond acceptors (Lipinski definition) is 7. The van der Waals surface area contributed by atoms with Gasteiger partial charge in [-0.25, -0.2) is 0 Å². The minimum atomic E-state index is -0.325. The van der Waals surface area contributed by atoms with Crippen LogP contribution in [0.4, 0.5) is 5.69 Å². The van der Waals surface area contributed by atoms with Crippen LogP contribution in [0, 0.1) is 6.92 Å². The first kappa shape index (κ1) is 20.2. The number of nitrogens with one attached hydrogen (secondary N) is 1. The molecule has 1 aliphatic heterocycles. The van der Waals surface area contributed by atoms with Gasteiger partial charge in [-0.3, -0.25) is 9.69 Å². The van der Waals surface area contributed by atoms with Crippen molar-refractivity contribution < 1.29 is 18.4 Å². The first-order valence-corrected chi connectivity index (χ1v) is 10.2. The van der Waals surface area contributed by atoms with Crippen LogP contribution in [0.2, 0.25) is 0 Å². The number of aromatic nitrogens is 2. The second-order valence-corrected chi connectivity index (χ2v) is 7.39. The second-order valence-electron chi connectivity index (χ2n) is 7.39. The Morgan fingerprint density at radius 2 is 2.00 bits per heavy atom. The van der Waals surface area contributed by atoms with E-state index in [2.05, 4.69) is 20.4 Å². The number of aryl methyl sites for hydroxylation is 2. The first-order chi connectivity index (χ1) is 14.6. The monoisotopic (exact) mass is 410 g/mol. The fraction of sp³-hybridized carbons (Fsp3) is 0.409. The number of benzene rings is 1. The third kappa shape index (κ3) is 4.23. The number of furan rings is 1. The van der Waals surface area contributed by atoms with E-state index in [0.29, 0.717) is 34.5 Å².